The Hall–Kier alpha value is -2.35. The third kappa shape index (κ3) is 4.38. The summed E-state index contributed by atoms with van der Waals surface area (Å²) in [5, 5.41) is 4.26. The smallest absolute Gasteiger partial charge is 0.238 e. The lowest BCUT2D eigenvalue weighted by molar-refractivity contribution is -0.117. The van der Waals surface area contributed by atoms with E-state index < -0.39 is 0 Å². The number of aromatic nitrogens is 1. The second kappa shape index (κ2) is 8.77. The molecule has 0 fully saturated rings. The van der Waals surface area contributed by atoms with Crippen LogP contribution >= 0.6 is 22.9 Å². The van der Waals surface area contributed by atoms with Crippen LogP contribution in [0, 0.1) is 0 Å². The van der Waals surface area contributed by atoms with Crippen LogP contribution in [0.5, 0.6) is 11.5 Å². The molecule has 0 saturated heterocycles. The van der Waals surface area contributed by atoms with E-state index in [0.717, 1.165) is 15.2 Å². The number of methoxy groups -OCH3 is 2. The quantitative estimate of drug-likeness (QED) is 0.606. The highest BCUT2D eigenvalue weighted by molar-refractivity contribution is 7.18. The van der Waals surface area contributed by atoms with Crippen molar-refractivity contribution in [2.75, 3.05) is 33.1 Å². The molecular formula is C20H22ClN3O3S. The molecule has 28 heavy (non-hydrogen) atoms. The predicted octanol–water partition coefficient (Wildman–Crippen LogP) is 4.60. The zero-order valence-electron chi connectivity index (χ0n) is 16.2. The highest BCUT2D eigenvalue weighted by Gasteiger charge is 2.20. The zero-order valence-corrected chi connectivity index (χ0v) is 17.7. The number of thiazole rings is 1. The predicted molar refractivity (Wildman–Crippen MR) is 114 cm³/mol. The van der Waals surface area contributed by atoms with Crippen LogP contribution in [0.1, 0.15) is 18.0 Å². The van der Waals surface area contributed by atoms with Crippen LogP contribution in [0.2, 0.25) is 5.02 Å². The van der Waals surface area contributed by atoms with Crippen molar-refractivity contribution < 1.29 is 14.3 Å². The van der Waals surface area contributed by atoms with Gasteiger partial charge in [0.1, 0.15) is 16.5 Å². The van der Waals surface area contributed by atoms with Crippen molar-refractivity contribution in [2.24, 2.45) is 0 Å². The minimum Gasteiger partial charge on any atom is -0.495 e. The summed E-state index contributed by atoms with van der Waals surface area (Å²) in [6, 6.07) is 11.3. The summed E-state index contributed by atoms with van der Waals surface area (Å²) in [6.45, 7) is 2.24. The number of rotatable bonds is 7. The summed E-state index contributed by atoms with van der Waals surface area (Å²) < 4.78 is 11.7. The molecule has 1 amide bonds. The molecule has 1 unspecified atom stereocenters. The lowest BCUT2D eigenvalue weighted by atomic mass is 10.2. The molecule has 0 aliphatic carbocycles. The number of benzene rings is 2. The fourth-order valence-corrected chi connectivity index (χ4v) is 4.08. The third-order valence-corrected chi connectivity index (χ3v) is 5.97. The van der Waals surface area contributed by atoms with Gasteiger partial charge in [0.25, 0.3) is 0 Å². The second-order valence-corrected chi connectivity index (χ2v) is 7.82. The molecule has 3 aromatic rings. The van der Waals surface area contributed by atoms with E-state index in [0.29, 0.717) is 22.2 Å². The van der Waals surface area contributed by atoms with Crippen LogP contribution in [-0.4, -0.2) is 43.6 Å². The van der Waals surface area contributed by atoms with Crippen LogP contribution in [0.3, 0.4) is 0 Å². The minimum atomic E-state index is -0.168. The number of carbonyl (C=O) groups is 1. The molecule has 2 aromatic carbocycles. The van der Waals surface area contributed by atoms with Gasteiger partial charge in [-0.2, -0.15) is 0 Å². The average molecular weight is 420 g/mol. The number of carbonyl (C=O) groups excluding carboxylic acids is 1. The van der Waals surface area contributed by atoms with Gasteiger partial charge in [-0.15, -0.1) is 11.3 Å². The number of ether oxygens (including phenoxy) is 2. The average Bonchev–Trinajstić information content (AvgIpc) is 3.12. The fourth-order valence-electron chi connectivity index (χ4n) is 2.77. The van der Waals surface area contributed by atoms with Crippen LogP contribution in [-0.2, 0) is 4.79 Å². The minimum absolute atomic E-state index is 0.00444. The molecule has 0 radical (unpaired) electrons. The van der Waals surface area contributed by atoms with E-state index in [1.54, 1.807) is 23.5 Å². The molecule has 1 atom stereocenters. The van der Waals surface area contributed by atoms with Crippen LogP contribution in [0.15, 0.2) is 36.4 Å². The van der Waals surface area contributed by atoms with Gasteiger partial charge in [0, 0.05) is 12.1 Å². The Labute approximate surface area is 173 Å². The summed E-state index contributed by atoms with van der Waals surface area (Å²) >= 11 is 7.75. The molecule has 6 nitrogen and oxygen atoms in total. The van der Waals surface area contributed by atoms with Gasteiger partial charge in [-0.1, -0.05) is 23.7 Å². The molecule has 1 N–H and O–H groups in total. The molecule has 8 heteroatoms. The molecule has 1 aromatic heterocycles. The van der Waals surface area contributed by atoms with E-state index in [1.165, 1.54) is 14.2 Å². The molecule has 1 heterocycles. The lowest BCUT2D eigenvalue weighted by Crippen LogP contribution is -2.32. The molecule has 0 saturated carbocycles. The highest BCUT2D eigenvalue weighted by atomic mass is 35.5. The molecule has 0 bridgehead atoms. The SMILES string of the molecule is COc1cc(NC(=O)CN(C)C(C)c2nc3ccccc3s2)c(OC)cc1Cl. The van der Waals surface area contributed by atoms with E-state index in [1.807, 2.05) is 37.1 Å². The number of nitrogens with one attached hydrogen (secondary N) is 1. The van der Waals surface area contributed by atoms with Crippen molar-refractivity contribution in [2.45, 2.75) is 13.0 Å². The van der Waals surface area contributed by atoms with Crippen LogP contribution in [0.4, 0.5) is 5.69 Å². The van der Waals surface area contributed by atoms with Gasteiger partial charge in [0.15, 0.2) is 0 Å². The summed E-state index contributed by atoms with van der Waals surface area (Å²) in [6.07, 6.45) is 0. The number of hydrogen-bond donors (Lipinski definition) is 1. The highest BCUT2D eigenvalue weighted by Crippen LogP contribution is 2.36. The zero-order chi connectivity index (χ0) is 20.3. The third-order valence-electron chi connectivity index (χ3n) is 4.47. The Morgan fingerprint density at radius 2 is 1.96 bits per heavy atom. The van der Waals surface area contributed by atoms with Crippen molar-refractivity contribution >= 4 is 44.7 Å². The van der Waals surface area contributed by atoms with Gasteiger partial charge in [-0.05, 0) is 26.1 Å². The van der Waals surface area contributed by atoms with Gasteiger partial charge in [-0.3, -0.25) is 9.69 Å². The first kappa shape index (κ1) is 20.4. The topological polar surface area (TPSA) is 63.7 Å². The van der Waals surface area contributed by atoms with E-state index >= 15 is 0 Å². The van der Waals surface area contributed by atoms with E-state index in [-0.39, 0.29) is 18.5 Å². The second-order valence-electron chi connectivity index (χ2n) is 6.35. The monoisotopic (exact) mass is 419 g/mol. The van der Waals surface area contributed by atoms with Crippen molar-refractivity contribution in [3.8, 4) is 11.5 Å². The Kier molecular flexibility index (Phi) is 6.39. The van der Waals surface area contributed by atoms with Crippen molar-refractivity contribution in [3.05, 3.63) is 46.4 Å². The summed E-state index contributed by atoms with van der Waals surface area (Å²) in [7, 11) is 4.94. The Morgan fingerprint density at radius 1 is 1.25 bits per heavy atom. The number of amides is 1. The first-order valence-electron chi connectivity index (χ1n) is 8.70. The van der Waals surface area contributed by atoms with Gasteiger partial charge in [-0.25, -0.2) is 4.98 Å². The van der Waals surface area contributed by atoms with Crippen LogP contribution in [0.25, 0.3) is 10.2 Å². The number of anilines is 1. The fraction of sp³-hybridized carbons (Fsp3) is 0.300. The first-order valence-corrected chi connectivity index (χ1v) is 9.89. The van der Waals surface area contributed by atoms with Gasteiger partial charge < -0.3 is 14.8 Å². The standard InChI is InChI=1S/C20H22ClN3O3S/c1-12(20-23-14-7-5-6-8-18(14)28-20)24(2)11-19(25)22-15-10-16(26-3)13(21)9-17(15)27-4/h5-10,12H,11H2,1-4H3,(H,22,25). The number of halogens is 1. The normalized spacial score (nSPS) is 12.2. The lowest BCUT2D eigenvalue weighted by Gasteiger charge is -2.22. The molecule has 0 aliphatic rings. The molecule has 0 aliphatic heterocycles. The maximum Gasteiger partial charge on any atom is 0.238 e. The Bertz CT molecular complexity index is 959. The van der Waals surface area contributed by atoms with Crippen LogP contribution < -0.4 is 14.8 Å². The summed E-state index contributed by atoms with van der Waals surface area (Å²) in [5.74, 6) is 0.771. The van der Waals surface area contributed by atoms with Gasteiger partial charge in [0.05, 0.1) is 47.7 Å². The number of nitrogens with zero attached hydrogens (tertiary/aromatic N) is 2. The molecule has 3 rings (SSSR count). The Morgan fingerprint density at radius 3 is 2.64 bits per heavy atom. The molecular weight excluding hydrogens is 398 g/mol. The summed E-state index contributed by atoms with van der Waals surface area (Å²) in [5.41, 5.74) is 1.49. The van der Waals surface area contributed by atoms with Gasteiger partial charge in [0.2, 0.25) is 5.91 Å². The van der Waals surface area contributed by atoms with E-state index in [4.69, 9.17) is 21.1 Å². The van der Waals surface area contributed by atoms with E-state index in [2.05, 4.69) is 16.4 Å². The van der Waals surface area contributed by atoms with Crippen molar-refractivity contribution in [1.82, 2.24) is 9.88 Å². The summed E-state index contributed by atoms with van der Waals surface area (Å²) in [4.78, 5) is 19.2. The van der Waals surface area contributed by atoms with Crippen molar-refractivity contribution in [1.29, 1.82) is 0 Å². The van der Waals surface area contributed by atoms with Crippen molar-refractivity contribution in [3.63, 3.8) is 0 Å². The molecule has 148 valence electrons. The van der Waals surface area contributed by atoms with E-state index in [9.17, 15) is 4.79 Å². The number of likely N-dealkylation sites (N-methyl/N-ethyl adjacent to an activating group) is 1. The maximum atomic E-state index is 12.6. The maximum absolute atomic E-state index is 12.6. The number of fused-ring (bicyclic) bond motifs is 1. The Balaban J connectivity index is 1.70. The first-order chi connectivity index (χ1) is 13.4. The largest absolute Gasteiger partial charge is 0.495 e. The van der Waals surface area contributed by atoms with Gasteiger partial charge >= 0.3 is 0 Å². The molecule has 0 spiro atoms. The number of hydrogen-bond acceptors (Lipinski definition) is 6. The number of para-hydroxylation sites is 1.